The van der Waals surface area contributed by atoms with Crippen LogP contribution in [0.1, 0.15) is 25.5 Å². The summed E-state index contributed by atoms with van der Waals surface area (Å²) in [6, 6.07) is 5.41. The van der Waals surface area contributed by atoms with E-state index in [9.17, 15) is 0 Å². The maximum Gasteiger partial charge on any atom is 0.152 e. The molecule has 84 valence electrons. The number of hydrogen-bond acceptors (Lipinski definition) is 4. The highest BCUT2D eigenvalue weighted by Gasteiger charge is 2.29. The van der Waals surface area contributed by atoms with Crippen LogP contribution in [0.25, 0.3) is 0 Å². The van der Waals surface area contributed by atoms with Crippen LogP contribution in [0.2, 0.25) is 0 Å². The first-order chi connectivity index (χ1) is 7.59. The zero-order chi connectivity index (χ0) is 11.7. The van der Waals surface area contributed by atoms with Crippen molar-refractivity contribution < 1.29 is 0 Å². The normalized spacial score (nSPS) is 20.2. The van der Waals surface area contributed by atoms with Gasteiger partial charge in [-0.15, -0.1) is 0 Å². The summed E-state index contributed by atoms with van der Waals surface area (Å²) in [4.78, 5) is 5.81. The molecule has 0 bridgehead atoms. The van der Waals surface area contributed by atoms with Gasteiger partial charge in [-0.05, 0) is 25.5 Å². The Hall–Kier alpha value is -1.91. The number of nitrogen functional groups attached to an aromatic ring is 1. The van der Waals surface area contributed by atoms with Crippen molar-refractivity contribution in [2.75, 3.05) is 5.73 Å². The standard InChI is InChI=1S/C11H15N5/c1-7-5-6-10(13)16(7)11(14)8-3-2-4-9(12)15-8/h2-4,7,13-14H,5-6H2,1H3,(H2,12,15). The van der Waals surface area contributed by atoms with Gasteiger partial charge in [-0.2, -0.15) is 0 Å². The molecule has 0 radical (unpaired) electrons. The Balaban J connectivity index is 2.28. The molecule has 5 nitrogen and oxygen atoms in total. The van der Waals surface area contributed by atoms with Crippen molar-refractivity contribution in [3.05, 3.63) is 23.9 Å². The van der Waals surface area contributed by atoms with Crippen LogP contribution in [0.5, 0.6) is 0 Å². The SMILES string of the molecule is CC1CCC(=N)N1C(=N)c1cccc(N)n1. The van der Waals surface area contributed by atoms with E-state index in [1.807, 2.05) is 6.92 Å². The van der Waals surface area contributed by atoms with Gasteiger partial charge in [0.05, 0.1) is 0 Å². The molecule has 1 aromatic rings. The minimum absolute atomic E-state index is 0.197. The van der Waals surface area contributed by atoms with Gasteiger partial charge in [0, 0.05) is 12.5 Å². The van der Waals surface area contributed by atoms with Crippen LogP contribution >= 0.6 is 0 Å². The molecule has 2 heterocycles. The second-order valence-electron chi connectivity index (χ2n) is 4.00. The molecular formula is C11H15N5. The smallest absolute Gasteiger partial charge is 0.152 e. The van der Waals surface area contributed by atoms with E-state index in [1.54, 1.807) is 23.1 Å². The topological polar surface area (TPSA) is 89.9 Å². The summed E-state index contributed by atoms with van der Waals surface area (Å²) < 4.78 is 0. The zero-order valence-electron chi connectivity index (χ0n) is 9.20. The first-order valence-electron chi connectivity index (χ1n) is 5.27. The molecule has 0 amide bonds. The highest BCUT2D eigenvalue weighted by molar-refractivity contribution is 6.07. The van der Waals surface area contributed by atoms with Crippen LogP contribution in [0.3, 0.4) is 0 Å². The van der Waals surface area contributed by atoms with Crippen molar-refractivity contribution in [2.45, 2.75) is 25.8 Å². The van der Waals surface area contributed by atoms with Crippen molar-refractivity contribution in [1.29, 1.82) is 10.8 Å². The van der Waals surface area contributed by atoms with E-state index >= 15 is 0 Å². The Bertz CT molecular complexity index is 440. The molecule has 1 saturated heterocycles. The molecule has 4 N–H and O–H groups in total. The van der Waals surface area contributed by atoms with Gasteiger partial charge in [-0.1, -0.05) is 6.07 Å². The molecule has 2 rings (SSSR count). The third kappa shape index (κ3) is 1.76. The van der Waals surface area contributed by atoms with Gasteiger partial charge in [0.25, 0.3) is 0 Å². The minimum atomic E-state index is 0.197. The number of nitrogens with one attached hydrogen (secondary N) is 2. The summed E-state index contributed by atoms with van der Waals surface area (Å²) in [5.41, 5.74) is 6.11. The van der Waals surface area contributed by atoms with Crippen LogP contribution < -0.4 is 5.73 Å². The van der Waals surface area contributed by atoms with E-state index in [4.69, 9.17) is 16.6 Å². The van der Waals surface area contributed by atoms with E-state index < -0.39 is 0 Å². The van der Waals surface area contributed by atoms with E-state index in [2.05, 4.69) is 4.98 Å². The number of hydrogen-bond donors (Lipinski definition) is 3. The molecule has 16 heavy (non-hydrogen) atoms. The van der Waals surface area contributed by atoms with Gasteiger partial charge in [0.2, 0.25) is 0 Å². The number of likely N-dealkylation sites (tertiary alicyclic amines) is 1. The third-order valence-corrected chi connectivity index (χ3v) is 2.78. The Morgan fingerprint density at radius 3 is 2.88 bits per heavy atom. The first-order valence-corrected chi connectivity index (χ1v) is 5.27. The number of amidine groups is 2. The van der Waals surface area contributed by atoms with E-state index in [-0.39, 0.29) is 11.9 Å². The molecule has 0 saturated carbocycles. The molecule has 1 aliphatic rings. The summed E-state index contributed by atoms with van der Waals surface area (Å²) in [5.74, 6) is 1.16. The van der Waals surface area contributed by atoms with Gasteiger partial charge in [0.15, 0.2) is 5.84 Å². The third-order valence-electron chi connectivity index (χ3n) is 2.78. The van der Waals surface area contributed by atoms with Gasteiger partial charge in [-0.25, -0.2) is 4.98 Å². The second-order valence-corrected chi connectivity index (χ2v) is 4.00. The molecule has 1 fully saturated rings. The van der Waals surface area contributed by atoms with E-state index in [0.29, 0.717) is 17.3 Å². The summed E-state index contributed by atoms with van der Waals surface area (Å²) in [7, 11) is 0. The zero-order valence-corrected chi connectivity index (χ0v) is 9.20. The number of anilines is 1. The molecule has 1 atom stereocenters. The first kappa shape index (κ1) is 10.6. The van der Waals surface area contributed by atoms with Crippen LogP contribution in [0, 0.1) is 10.8 Å². The number of nitrogens with zero attached hydrogens (tertiary/aromatic N) is 2. The molecule has 0 aliphatic carbocycles. The molecule has 0 aromatic carbocycles. The molecular weight excluding hydrogens is 202 g/mol. The number of aromatic nitrogens is 1. The van der Waals surface area contributed by atoms with Crippen LogP contribution in [0.4, 0.5) is 5.82 Å². The number of rotatable bonds is 1. The fraction of sp³-hybridized carbons (Fsp3) is 0.364. The van der Waals surface area contributed by atoms with Crippen molar-refractivity contribution in [2.24, 2.45) is 0 Å². The number of nitrogens with two attached hydrogens (primary N) is 1. The lowest BCUT2D eigenvalue weighted by molar-refractivity contribution is 0.496. The Labute approximate surface area is 94.3 Å². The Morgan fingerprint density at radius 2 is 2.31 bits per heavy atom. The Morgan fingerprint density at radius 1 is 1.56 bits per heavy atom. The highest BCUT2D eigenvalue weighted by atomic mass is 15.3. The van der Waals surface area contributed by atoms with Gasteiger partial charge in [0.1, 0.15) is 17.3 Å². The summed E-state index contributed by atoms with van der Waals surface area (Å²) in [6.45, 7) is 2.02. The number of pyridine rings is 1. The molecule has 1 aliphatic heterocycles. The molecule has 1 unspecified atom stereocenters. The Kier molecular flexibility index (Phi) is 2.60. The van der Waals surface area contributed by atoms with Crippen LogP contribution in [-0.4, -0.2) is 27.6 Å². The monoisotopic (exact) mass is 217 g/mol. The lowest BCUT2D eigenvalue weighted by atomic mass is 10.2. The predicted molar refractivity (Wildman–Crippen MR) is 63.7 cm³/mol. The molecule has 5 heteroatoms. The van der Waals surface area contributed by atoms with Crippen LogP contribution in [0.15, 0.2) is 18.2 Å². The summed E-state index contributed by atoms with van der Waals surface area (Å²) in [6.07, 6.45) is 1.65. The predicted octanol–water partition coefficient (Wildman–Crippen LogP) is 1.45. The summed E-state index contributed by atoms with van der Waals surface area (Å²) >= 11 is 0. The van der Waals surface area contributed by atoms with Crippen molar-refractivity contribution in [3.8, 4) is 0 Å². The van der Waals surface area contributed by atoms with Crippen LogP contribution in [-0.2, 0) is 0 Å². The minimum Gasteiger partial charge on any atom is -0.384 e. The largest absolute Gasteiger partial charge is 0.384 e. The van der Waals surface area contributed by atoms with Gasteiger partial charge in [-0.3, -0.25) is 10.8 Å². The van der Waals surface area contributed by atoms with Crippen molar-refractivity contribution in [1.82, 2.24) is 9.88 Å². The van der Waals surface area contributed by atoms with Gasteiger partial charge >= 0.3 is 0 Å². The lowest BCUT2D eigenvalue weighted by Gasteiger charge is -2.23. The maximum atomic E-state index is 8.05. The highest BCUT2D eigenvalue weighted by Crippen LogP contribution is 2.20. The maximum absolute atomic E-state index is 8.05. The average Bonchev–Trinajstić information content (AvgIpc) is 2.58. The van der Waals surface area contributed by atoms with Crippen molar-refractivity contribution in [3.63, 3.8) is 0 Å². The molecule has 1 aromatic heterocycles. The van der Waals surface area contributed by atoms with Crippen molar-refractivity contribution >= 4 is 17.5 Å². The summed E-state index contributed by atoms with van der Waals surface area (Å²) in [5, 5.41) is 15.8. The fourth-order valence-corrected chi connectivity index (χ4v) is 1.92. The quantitative estimate of drug-likeness (QED) is 0.491. The fourth-order valence-electron chi connectivity index (χ4n) is 1.92. The lowest BCUT2D eigenvalue weighted by Crippen LogP contribution is -2.37. The van der Waals surface area contributed by atoms with E-state index in [1.165, 1.54) is 0 Å². The average molecular weight is 217 g/mol. The molecule has 0 spiro atoms. The second kappa shape index (κ2) is 3.92. The van der Waals surface area contributed by atoms with E-state index in [0.717, 1.165) is 12.8 Å². The van der Waals surface area contributed by atoms with Gasteiger partial charge < -0.3 is 10.6 Å².